The number of likely N-dealkylation sites (tertiary alicyclic amines) is 1. The highest BCUT2D eigenvalue weighted by atomic mass is 35.5. The third kappa shape index (κ3) is 2.16. The minimum atomic E-state index is 0. The van der Waals surface area contributed by atoms with Gasteiger partial charge in [-0.05, 0) is 34.9 Å². The molecule has 0 radical (unpaired) electrons. The molecule has 2 fully saturated rings. The van der Waals surface area contributed by atoms with Gasteiger partial charge < -0.3 is 5.73 Å². The van der Waals surface area contributed by atoms with Crippen molar-refractivity contribution < 1.29 is 0 Å². The van der Waals surface area contributed by atoms with Crippen molar-refractivity contribution in [3.8, 4) is 0 Å². The number of benzene rings is 1. The third-order valence-electron chi connectivity index (χ3n) is 4.55. The highest BCUT2D eigenvalue weighted by Crippen LogP contribution is 2.62. The molecule has 3 rings (SSSR count). The lowest BCUT2D eigenvalue weighted by molar-refractivity contribution is 0.251. The molecule has 3 heteroatoms. The number of nitrogens with zero attached hydrogens (tertiary/aromatic N) is 1. The Morgan fingerprint density at radius 2 is 1.94 bits per heavy atom. The summed E-state index contributed by atoms with van der Waals surface area (Å²) >= 11 is 0. The van der Waals surface area contributed by atoms with E-state index in [2.05, 4.69) is 30.9 Å². The molecule has 1 aromatic rings. The third-order valence-corrected chi connectivity index (χ3v) is 4.55. The topological polar surface area (TPSA) is 29.3 Å². The SMILES string of the molecule is CC1(C)C2CN(Cc3cccc(N)c3)CC21.Cl. The van der Waals surface area contributed by atoms with Crippen LogP contribution >= 0.6 is 12.4 Å². The lowest BCUT2D eigenvalue weighted by atomic mass is 10.1. The lowest BCUT2D eigenvalue weighted by Gasteiger charge is -2.21. The predicted molar refractivity (Wildman–Crippen MR) is 74.1 cm³/mol. The second kappa shape index (κ2) is 4.18. The fraction of sp³-hybridized carbons (Fsp3) is 0.571. The van der Waals surface area contributed by atoms with Crippen LogP contribution in [0.2, 0.25) is 0 Å². The molecule has 1 saturated carbocycles. The molecule has 17 heavy (non-hydrogen) atoms. The second-order valence-corrected chi connectivity index (χ2v) is 5.97. The number of rotatable bonds is 2. The van der Waals surface area contributed by atoms with Gasteiger partial charge >= 0.3 is 0 Å². The summed E-state index contributed by atoms with van der Waals surface area (Å²) < 4.78 is 0. The molecule has 0 bridgehead atoms. The molecule has 2 nitrogen and oxygen atoms in total. The zero-order valence-corrected chi connectivity index (χ0v) is 11.3. The number of nitrogens with two attached hydrogens (primary N) is 1. The number of nitrogen functional groups attached to an aromatic ring is 1. The average Bonchev–Trinajstić information content (AvgIpc) is 2.63. The van der Waals surface area contributed by atoms with E-state index in [-0.39, 0.29) is 12.4 Å². The number of fused-ring (bicyclic) bond motifs is 1. The van der Waals surface area contributed by atoms with Crippen LogP contribution in [0.4, 0.5) is 5.69 Å². The minimum absolute atomic E-state index is 0. The first-order valence-corrected chi connectivity index (χ1v) is 6.14. The van der Waals surface area contributed by atoms with Crippen LogP contribution in [0.3, 0.4) is 0 Å². The summed E-state index contributed by atoms with van der Waals surface area (Å²) in [6.45, 7) is 8.41. The van der Waals surface area contributed by atoms with Gasteiger partial charge in [-0.15, -0.1) is 12.4 Å². The fourth-order valence-corrected chi connectivity index (χ4v) is 3.29. The quantitative estimate of drug-likeness (QED) is 0.821. The van der Waals surface area contributed by atoms with Gasteiger partial charge in [-0.2, -0.15) is 0 Å². The van der Waals surface area contributed by atoms with E-state index in [9.17, 15) is 0 Å². The molecule has 1 aromatic carbocycles. The predicted octanol–water partition coefficient (Wildman–Crippen LogP) is 2.78. The molecule has 0 amide bonds. The molecule has 1 heterocycles. The largest absolute Gasteiger partial charge is 0.399 e. The van der Waals surface area contributed by atoms with Gasteiger partial charge in [0.15, 0.2) is 0 Å². The van der Waals surface area contributed by atoms with Crippen molar-refractivity contribution >= 4 is 18.1 Å². The monoisotopic (exact) mass is 252 g/mol. The highest BCUT2D eigenvalue weighted by molar-refractivity contribution is 5.85. The van der Waals surface area contributed by atoms with Crippen LogP contribution in [0.1, 0.15) is 19.4 Å². The van der Waals surface area contributed by atoms with Gasteiger partial charge in [0.2, 0.25) is 0 Å². The van der Waals surface area contributed by atoms with E-state index < -0.39 is 0 Å². The molecule has 1 saturated heterocycles. The zero-order chi connectivity index (χ0) is 11.3. The van der Waals surface area contributed by atoms with Crippen molar-refractivity contribution in [3.63, 3.8) is 0 Å². The van der Waals surface area contributed by atoms with Gasteiger partial charge in [0, 0.05) is 25.3 Å². The van der Waals surface area contributed by atoms with E-state index in [1.54, 1.807) is 0 Å². The summed E-state index contributed by atoms with van der Waals surface area (Å²) in [5.74, 6) is 1.88. The first-order valence-electron chi connectivity index (χ1n) is 6.14. The number of hydrogen-bond acceptors (Lipinski definition) is 2. The minimum Gasteiger partial charge on any atom is -0.399 e. The van der Waals surface area contributed by atoms with Crippen LogP contribution in [0.5, 0.6) is 0 Å². The Bertz CT molecular complexity index is 402. The summed E-state index contributed by atoms with van der Waals surface area (Å²) in [7, 11) is 0. The Balaban J connectivity index is 0.00000108. The molecule has 1 aliphatic carbocycles. The van der Waals surface area contributed by atoms with Crippen molar-refractivity contribution in [2.24, 2.45) is 17.3 Å². The van der Waals surface area contributed by atoms with Crippen LogP contribution in [-0.2, 0) is 6.54 Å². The van der Waals surface area contributed by atoms with Crippen molar-refractivity contribution in [2.75, 3.05) is 18.8 Å². The van der Waals surface area contributed by atoms with E-state index in [0.29, 0.717) is 5.41 Å². The Labute approximate surface area is 110 Å². The molecular weight excluding hydrogens is 232 g/mol. The Morgan fingerprint density at radius 3 is 2.53 bits per heavy atom. The van der Waals surface area contributed by atoms with Crippen molar-refractivity contribution in [2.45, 2.75) is 20.4 Å². The number of halogens is 1. The summed E-state index contributed by atoms with van der Waals surface area (Å²) in [5, 5.41) is 0. The smallest absolute Gasteiger partial charge is 0.0317 e. The number of hydrogen-bond donors (Lipinski definition) is 1. The van der Waals surface area contributed by atoms with E-state index >= 15 is 0 Å². The molecule has 2 N–H and O–H groups in total. The zero-order valence-electron chi connectivity index (χ0n) is 10.5. The molecule has 2 unspecified atom stereocenters. The van der Waals surface area contributed by atoms with Crippen molar-refractivity contribution in [3.05, 3.63) is 29.8 Å². The average molecular weight is 253 g/mol. The molecule has 2 atom stereocenters. The van der Waals surface area contributed by atoms with Crippen molar-refractivity contribution in [1.82, 2.24) is 4.90 Å². The highest BCUT2D eigenvalue weighted by Gasteiger charge is 2.61. The van der Waals surface area contributed by atoms with E-state index in [0.717, 1.165) is 24.1 Å². The van der Waals surface area contributed by atoms with Crippen LogP contribution in [-0.4, -0.2) is 18.0 Å². The Kier molecular flexibility index (Phi) is 3.13. The van der Waals surface area contributed by atoms with Crippen LogP contribution in [0.25, 0.3) is 0 Å². The van der Waals surface area contributed by atoms with Gasteiger partial charge in [-0.3, -0.25) is 4.90 Å². The molecular formula is C14H21ClN2. The molecule has 0 aromatic heterocycles. The first kappa shape index (κ1) is 12.7. The standard InChI is InChI=1S/C14H20N2.ClH/c1-14(2)12-8-16(9-13(12)14)7-10-4-3-5-11(15)6-10;/h3-6,12-13H,7-9,15H2,1-2H3;1H. The molecule has 2 aliphatic rings. The maximum atomic E-state index is 5.79. The molecule has 0 spiro atoms. The number of anilines is 1. The van der Waals surface area contributed by atoms with Gasteiger partial charge in [-0.25, -0.2) is 0 Å². The second-order valence-electron chi connectivity index (χ2n) is 5.97. The Hall–Kier alpha value is -0.730. The van der Waals surface area contributed by atoms with Gasteiger partial charge in [0.25, 0.3) is 0 Å². The number of piperidine rings is 1. The summed E-state index contributed by atoms with van der Waals surface area (Å²) in [5.41, 5.74) is 8.63. The Morgan fingerprint density at radius 1 is 1.29 bits per heavy atom. The maximum Gasteiger partial charge on any atom is 0.0317 e. The van der Waals surface area contributed by atoms with Gasteiger partial charge in [-0.1, -0.05) is 26.0 Å². The summed E-state index contributed by atoms with van der Waals surface area (Å²) in [4.78, 5) is 2.56. The molecule has 1 aliphatic heterocycles. The first-order chi connectivity index (χ1) is 7.57. The molecule has 94 valence electrons. The van der Waals surface area contributed by atoms with Crippen LogP contribution in [0, 0.1) is 17.3 Å². The summed E-state index contributed by atoms with van der Waals surface area (Å²) in [6, 6.07) is 8.26. The lowest BCUT2D eigenvalue weighted by Crippen LogP contribution is -2.26. The van der Waals surface area contributed by atoms with E-state index in [1.807, 2.05) is 12.1 Å². The van der Waals surface area contributed by atoms with Crippen LogP contribution in [0.15, 0.2) is 24.3 Å². The van der Waals surface area contributed by atoms with E-state index in [1.165, 1.54) is 18.7 Å². The maximum absolute atomic E-state index is 5.79. The van der Waals surface area contributed by atoms with E-state index in [4.69, 9.17) is 5.73 Å². The van der Waals surface area contributed by atoms with Crippen molar-refractivity contribution in [1.29, 1.82) is 0 Å². The van der Waals surface area contributed by atoms with Crippen LogP contribution < -0.4 is 5.73 Å². The van der Waals surface area contributed by atoms with Gasteiger partial charge in [0.05, 0.1) is 0 Å². The fourth-order valence-electron chi connectivity index (χ4n) is 3.29. The normalized spacial score (nSPS) is 29.5. The summed E-state index contributed by atoms with van der Waals surface area (Å²) in [6.07, 6.45) is 0. The van der Waals surface area contributed by atoms with Gasteiger partial charge in [0.1, 0.15) is 0 Å².